The van der Waals surface area contributed by atoms with Gasteiger partial charge >= 0.3 is 5.97 Å². The maximum absolute atomic E-state index is 12.1. The van der Waals surface area contributed by atoms with Gasteiger partial charge in [0, 0.05) is 5.38 Å². The second kappa shape index (κ2) is 8.43. The zero-order chi connectivity index (χ0) is 18.4. The van der Waals surface area contributed by atoms with Crippen molar-refractivity contribution >= 4 is 34.3 Å². The Bertz CT molecular complexity index is 767. The molecule has 2 aromatic rings. The average molecular weight is 365 g/mol. The maximum atomic E-state index is 12.1. The number of thiazole rings is 1. The summed E-state index contributed by atoms with van der Waals surface area (Å²) in [7, 11) is 0. The highest BCUT2D eigenvalue weighted by Gasteiger charge is 2.20. The molecule has 9 heteroatoms. The van der Waals surface area contributed by atoms with Gasteiger partial charge in [0.1, 0.15) is 11.8 Å². The third-order valence-corrected chi connectivity index (χ3v) is 4.23. The summed E-state index contributed by atoms with van der Waals surface area (Å²) in [6.07, 6.45) is 2.39. The third kappa shape index (κ3) is 5.15. The molecule has 0 aromatic carbocycles. The zero-order valence-corrected chi connectivity index (χ0v) is 14.7. The number of carboxylic acid groups (broad SMARTS) is 1. The first-order valence-electron chi connectivity index (χ1n) is 7.72. The number of rotatable bonds is 8. The van der Waals surface area contributed by atoms with Crippen LogP contribution in [0, 0.1) is 6.92 Å². The molecule has 0 spiro atoms. The summed E-state index contributed by atoms with van der Waals surface area (Å²) >= 11 is 1.19. The molecule has 0 aliphatic carbocycles. The van der Waals surface area contributed by atoms with E-state index < -0.39 is 17.9 Å². The van der Waals surface area contributed by atoms with Crippen LogP contribution in [0.15, 0.2) is 22.1 Å². The van der Waals surface area contributed by atoms with E-state index in [1.54, 1.807) is 18.4 Å². The van der Waals surface area contributed by atoms with E-state index in [-0.39, 0.29) is 12.3 Å². The molecule has 25 heavy (non-hydrogen) atoms. The number of anilines is 1. The Morgan fingerprint density at radius 3 is 2.76 bits per heavy atom. The number of carboxylic acids is 1. The van der Waals surface area contributed by atoms with Crippen molar-refractivity contribution in [1.82, 2.24) is 10.3 Å². The fraction of sp³-hybridized carbons (Fsp3) is 0.375. The molecule has 3 N–H and O–H groups in total. The predicted molar refractivity (Wildman–Crippen MR) is 91.7 cm³/mol. The summed E-state index contributed by atoms with van der Waals surface area (Å²) < 4.78 is 5.08. The summed E-state index contributed by atoms with van der Waals surface area (Å²) in [6, 6.07) is 0.659. The molecule has 0 aliphatic rings. The second-order valence-electron chi connectivity index (χ2n) is 5.41. The lowest BCUT2D eigenvalue weighted by Crippen LogP contribution is -2.41. The van der Waals surface area contributed by atoms with Crippen LogP contribution in [0.1, 0.15) is 41.6 Å². The van der Waals surface area contributed by atoms with Crippen LogP contribution in [-0.4, -0.2) is 33.9 Å². The van der Waals surface area contributed by atoms with Gasteiger partial charge in [-0.2, -0.15) is 0 Å². The van der Waals surface area contributed by atoms with E-state index in [0.29, 0.717) is 35.0 Å². The Hall–Kier alpha value is -2.68. The van der Waals surface area contributed by atoms with Gasteiger partial charge in [-0.15, -0.1) is 11.3 Å². The number of amides is 2. The predicted octanol–water partition coefficient (Wildman–Crippen LogP) is 2.21. The Kier molecular flexibility index (Phi) is 6.29. The summed E-state index contributed by atoms with van der Waals surface area (Å²) in [5.74, 6) is -1.32. The van der Waals surface area contributed by atoms with Crippen molar-refractivity contribution < 1.29 is 23.9 Å². The first-order chi connectivity index (χ1) is 11.9. The number of hydrogen-bond donors (Lipinski definition) is 3. The molecule has 2 aromatic heterocycles. The van der Waals surface area contributed by atoms with Gasteiger partial charge in [-0.25, -0.2) is 9.78 Å². The van der Waals surface area contributed by atoms with Gasteiger partial charge in [0.15, 0.2) is 5.13 Å². The fourth-order valence-corrected chi connectivity index (χ4v) is 2.89. The van der Waals surface area contributed by atoms with Crippen LogP contribution in [0.4, 0.5) is 5.13 Å². The minimum absolute atomic E-state index is 0.0510. The van der Waals surface area contributed by atoms with Gasteiger partial charge < -0.3 is 14.8 Å². The van der Waals surface area contributed by atoms with E-state index in [1.807, 2.05) is 6.92 Å². The van der Waals surface area contributed by atoms with Crippen molar-refractivity contribution in [2.75, 3.05) is 5.32 Å². The molecular formula is C16H19N3O5S. The van der Waals surface area contributed by atoms with Gasteiger partial charge in [-0.3, -0.25) is 14.9 Å². The number of furan rings is 1. The molecule has 0 saturated carbocycles. The molecule has 2 heterocycles. The average Bonchev–Trinajstić information content (AvgIpc) is 3.15. The van der Waals surface area contributed by atoms with Crippen LogP contribution in [-0.2, 0) is 16.0 Å². The molecule has 0 radical (unpaired) electrons. The standard InChI is InChI=1S/C16H19N3O5S/c1-3-4-12(15(22)23)18-13(20)7-10-8-25-16(17-10)19-14(21)11-5-6-24-9(11)2/h5-6,8,12H,3-4,7H2,1-2H3,(H,18,20)(H,22,23)(H,17,19,21). The lowest BCUT2D eigenvalue weighted by molar-refractivity contribution is -0.141. The van der Waals surface area contributed by atoms with Gasteiger partial charge in [-0.1, -0.05) is 13.3 Å². The Balaban J connectivity index is 1.92. The van der Waals surface area contributed by atoms with E-state index >= 15 is 0 Å². The maximum Gasteiger partial charge on any atom is 0.326 e. The van der Waals surface area contributed by atoms with E-state index in [9.17, 15) is 14.4 Å². The Labute approximate surface area is 148 Å². The van der Waals surface area contributed by atoms with Crippen molar-refractivity contribution in [2.24, 2.45) is 0 Å². The topological polar surface area (TPSA) is 122 Å². The summed E-state index contributed by atoms with van der Waals surface area (Å²) in [5, 5.41) is 16.2. The number of aliphatic carboxylic acids is 1. The van der Waals surface area contributed by atoms with E-state index in [4.69, 9.17) is 9.52 Å². The molecule has 1 unspecified atom stereocenters. The zero-order valence-electron chi connectivity index (χ0n) is 13.9. The van der Waals surface area contributed by atoms with Crippen molar-refractivity contribution in [2.45, 2.75) is 39.2 Å². The molecule has 2 rings (SSSR count). The number of carbonyl (C=O) groups excluding carboxylic acids is 2. The fourth-order valence-electron chi connectivity index (χ4n) is 2.19. The minimum Gasteiger partial charge on any atom is -0.480 e. The lowest BCUT2D eigenvalue weighted by Gasteiger charge is -2.12. The Morgan fingerprint density at radius 1 is 1.40 bits per heavy atom. The second-order valence-corrected chi connectivity index (χ2v) is 6.27. The minimum atomic E-state index is -1.06. The number of nitrogens with zero attached hydrogens (tertiary/aromatic N) is 1. The van der Waals surface area contributed by atoms with Gasteiger partial charge in [-0.05, 0) is 19.4 Å². The highest BCUT2D eigenvalue weighted by Crippen LogP contribution is 2.18. The van der Waals surface area contributed by atoms with Crippen LogP contribution in [0.25, 0.3) is 0 Å². The highest BCUT2D eigenvalue weighted by atomic mass is 32.1. The van der Waals surface area contributed by atoms with Crippen LogP contribution in [0.2, 0.25) is 0 Å². The quantitative estimate of drug-likeness (QED) is 0.659. The number of carbonyl (C=O) groups is 3. The van der Waals surface area contributed by atoms with Crippen molar-refractivity contribution in [3.05, 3.63) is 34.7 Å². The molecule has 8 nitrogen and oxygen atoms in total. The first kappa shape index (κ1) is 18.7. The van der Waals surface area contributed by atoms with E-state index in [1.165, 1.54) is 17.6 Å². The smallest absolute Gasteiger partial charge is 0.326 e. The summed E-state index contributed by atoms with van der Waals surface area (Å²) in [4.78, 5) is 39.3. The highest BCUT2D eigenvalue weighted by molar-refractivity contribution is 7.14. The molecule has 0 fully saturated rings. The van der Waals surface area contributed by atoms with Crippen LogP contribution < -0.4 is 10.6 Å². The Morgan fingerprint density at radius 2 is 2.16 bits per heavy atom. The number of hydrogen-bond acceptors (Lipinski definition) is 6. The van der Waals surface area contributed by atoms with Crippen LogP contribution in [0.3, 0.4) is 0 Å². The summed E-state index contributed by atoms with van der Waals surface area (Å²) in [5.41, 5.74) is 0.876. The molecule has 0 aliphatic heterocycles. The largest absolute Gasteiger partial charge is 0.480 e. The lowest BCUT2D eigenvalue weighted by atomic mass is 10.1. The summed E-state index contributed by atoms with van der Waals surface area (Å²) in [6.45, 7) is 3.53. The molecule has 2 amide bonds. The van der Waals surface area contributed by atoms with E-state index in [0.717, 1.165) is 0 Å². The van der Waals surface area contributed by atoms with Crippen molar-refractivity contribution in [1.29, 1.82) is 0 Å². The molecule has 1 atom stereocenters. The molecule has 0 saturated heterocycles. The molecular weight excluding hydrogens is 346 g/mol. The number of nitrogens with one attached hydrogen (secondary N) is 2. The SMILES string of the molecule is CCCC(NC(=O)Cc1csc(NC(=O)c2ccoc2C)n1)C(=O)O. The van der Waals surface area contributed by atoms with Crippen molar-refractivity contribution in [3.63, 3.8) is 0 Å². The number of aromatic nitrogens is 1. The van der Waals surface area contributed by atoms with Gasteiger partial charge in [0.25, 0.3) is 5.91 Å². The van der Waals surface area contributed by atoms with Gasteiger partial charge in [0.05, 0.1) is 23.9 Å². The first-order valence-corrected chi connectivity index (χ1v) is 8.60. The molecule has 134 valence electrons. The van der Waals surface area contributed by atoms with Gasteiger partial charge in [0.2, 0.25) is 5.91 Å². The monoisotopic (exact) mass is 365 g/mol. The number of aryl methyl sites for hydroxylation is 1. The van der Waals surface area contributed by atoms with Crippen LogP contribution in [0.5, 0.6) is 0 Å². The van der Waals surface area contributed by atoms with E-state index in [2.05, 4.69) is 15.6 Å². The molecule has 0 bridgehead atoms. The van der Waals surface area contributed by atoms with Crippen molar-refractivity contribution in [3.8, 4) is 0 Å². The normalized spacial score (nSPS) is 11.8. The third-order valence-electron chi connectivity index (χ3n) is 3.43. The van der Waals surface area contributed by atoms with Crippen LogP contribution >= 0.6 is 11.3 Å².